The van der Waals surface area contributed by atoms with E-state index >= 15 is 0 Å². The summed E-state index contributed by atoms with van der Waals surface area (Å²) < 4.78 is 0. The van der Waals surface area contributed by atoms with E-state index in [1.807, 2.05) is 6.07 Å². The lowest BCUT2D eigenvalue weighted by Crippen LogP contribution is -1.99. The number of carbonyl (C=O) groups excluding carboxylic acids is 1. The molecule has 24 heavy (non-hydrogen) atoms. The molecule has 0 spiro atoms. The van der Waals surface area contributed by atoms with Crippen molar-refractivity contribution in [3.05, 3.63) is 75.2 Å². The van der Waals surface area contributed by atoms with Gasteiger partial charge in [-0.25, -0.2) is 0 Å². The summed E-state index contributed by atoms with van der Waals surface area (Å²) in [6.45, 7) is 0. The summed E-state index contributed by atoms with van der Waals surface area (Å²) in [5.74, 6) is -0.749. The molecule has 0 amide bonds. The third-order valence-electron chi connectivity index (χ3n) is 3.39. The Morgan fingerprint density at radius 3 is 2.50 bits per heavy atom. The maximum atomic E-state index is 12.5. The van der Waals surface area contributed by atoms with Crippen molar-refractivity contribution in [3.63, 3.8) is 0 Å². The Hall–Kier alpha value is -3.19. The van der Waals surface area contributed by atoms with Crippen molar-refractivity contribution in [2.45, 2.75) is 0 Å². The summed E-state index contributed by atoms with van der Waals surface area (Å²) in [5.41, 5.74) is 0.506. The number of ketones is 1. The number of hydrogen-bond acceptors (Lipinski definition) is 6. The number of thiophene rings is 1. The number of phenolic OH excluding ortho intramolecular Hbond substituents is 2. The van der Waals surface area contributed by atoms with Crippen LogP contribution in [0.25, 0.3) is 10.4 Å². The minimum atomic E-state index is -0.714. The molecule has 1 aromatic heterocycles. The van der Waals surface area contributed by atoms with Gasteiger partial charge in [0.15, 0.2) is 5.75 Å². The monoisotopic (exact) mass is 341 g/mol. The smallest absolute Gasteiger partial charge is 0.310 e. The summed E-state index contributed by atoms with van der Waals surface area (Å²) in [6.07, 6.45) is 0. The molecule has 3 rings (SSSR count). The molecule has 0 saturated heterocycles. The number of phenols is 2. The van der Waals surface area contributed by atoms with Gasteiger partial charge < -0.3 is 10.2 Å². The third kappa shape index (κ3) is 2.97. The maximum absolute atomic E-state index is 12.5. The highest BCUT2D eigenvalue weighted by Crippen LogP contribution is 2.32. The van der Waals surface area contributed by atoms with Crippen LogP contribution >= 0.6 is 11.3 Å². The van der Waals surface area contributed by atoms with Crippen molar-refractivity contribution in [3.8, 4) is 21.9 Å². The zero-order chi connectivity index (χ0) is 17.3. The number of rotatable bonds is 4. The molecule has 2 N–H and O–H groups in total. The molecule has 0 atom stereocenters. The Morgan fingerprint density at radius 2 is 1.83 bits per heavy atom. The molecular formula is C17H11NO5S. The van der Waals surface area contributed by atoms with E-state index in [9.17, 15) is 25.1 Å². The van der Waals surface area contributed by atoms with Gasteiger partial charge in [0, 0.05) is 16.5 Å². The first-order valence-electron chi connectivity index (χ1n) is 6.87. The minimum Gasteiger partial charge on any atom is -0.508 e. The quantitative estimate of drug-likeness (QED) is 0.425. The Bertz CT molecular complexity index is 948. The predicted octanol–water partition coefficient (Wildman–Crippen LogP) is 3.97. The van der Waals surface area contributed by atoms with E-state index in [2.05, 4.69) is 0 Å². The minimum absolute atomic E-state index is 0.133. The molecule has 0 unspecified atom stereocenters. The van der Waals surface area contributed by atoms with E-state index in [-0.39, 0.29) is 17.1 Å². The SMILES string of the molecule is O=C(c1ccc([N+](=O)[O-])c(O)c1)c1ccc(-c2cccc(O)c2)s1. The first-order chi connectivity index (χ1) is 11.5. The van der Waals surface area contributed by atoms with Gasteiger partial charge in [-0.3, -0.25) is 14.9 Å². The average Bonchev–Trinajstić information content (AvgIpc) is 3.03. The Labute approximate surface area is 140 Å². The molecule has 120 valence electrons. The summed E-state index contributed by atoms with van der Waals surface area (Å²) in [5, 5.41) is 29.9. The number of hydrogen-bond donors (Lipinski definition) is 2. The van der Waals surface area contributed by atoms with Gasteiger partial charge >= 0.3 is 5.69 Å². The highest BCUT2D eigenvalue weighted by molar-refractivity contribution is 7.17. The van der Waals surface area contributed by atoms with Crippen LogP contribution < -0.4 is 0 Å². The molecule has 7 heteroatoms. The molecule has 0 radical (unpaired) electrons. The summed E-state index contributed by atoms with van der Waals surface area (Å²) in [4.78, 5) is 23.7. The highest BCUT2D eigenvalue weighted by Gasteiger charge is 2.18. The zero-order valence-electron chi connectivity index (χ0n) is 12.2. The van der Waals surface area contributed by atoms with Crippen LogP contribution in [0.15, 0.2) is 54.6 Å². The molecule has 2 aromatic carbocycles. The van der Waals surface area contributed by atoms with E-state index in [0.29, 0.717) is 4.88 Å². The van der Waals surface area contributed by atoms with E-state index < -0.39 is 16.4 Å². The van der Waals surface area contributed by atoms with Crippen LogP contribution in [0.5, 0.6) is 11.5 Å². The van der Waals surface area contributed by atoms with Crippen LogP contribution in [-0.4, -0.2) is 20.9 Å². The predicted molar refractivity (Wildman–Crippen MR) is 89.6 cm³/mol. The first-order valence-corrected chi connectivity index (χ1v) is 7.68. The van der Waals surface area contributed by atoms with Crippen molar-refractivity contribution in [1.29, 1.82) is 0 Å². The van der Waals surface area contributed by atoms with Gasteiger partial charge in [-0.05, 0) is 42.0 Å². The van der Waals surface area contributed by atoms with Crippen LogP contribution in [0.1, 0.15) is 15.2 Å². The van der Waals surface area contributed by atoms with E-state index in [1.165, 1.54) is 17.4 Å². The van der Waals surface area contributed by atoms with Crippen LogP contribution in [0, 0.1) is 10.1 Å². The Kier molecular flexibility index (Phi) is 4.01. The van der Waals surface area contributed by atoms with Crippen molar-refractivity contribution in [1.82, 2.24) is 0 Å². The number of nitrogens with zero attached hydrogens (tertiary/aromatic N) is 1. The van der Waals surface area contributed by atoms with Crippen LogP contribution in [-0.2, 0) is 0 Å². The Morgan fingerprint density at radius 1 is 1.04 bits per heavy atom. The summed E-state index contributed by atoms with van der Waals surface area (Å²) >= 11 is 1.24. The standard InChI is InChI=1S/C17H11NO5S/c19-12-3-1-2-10(8-12)15-6-7-16(24-15)17(21)11-4-5-13(18(22)23)14(20)9-11/h1-9,19-20H. The average molecular weight is 341 g/mol. The molecule has 0 bridgehead atoms. The van der Waals surface area contributed by atoms with Crippen molar-refractivity contribution >= 4 is 22.8 Å². The van der Waals surface area contributed by atoms with E-state index in [4.69, 9.17) is 0 Å². The van der Waals surface area contributed by atoms with Gasteiger partial charge in [-0.1, -0.05) is 12.1 Å². The molecule has 0 aliphatic rings. The topological polar surface area (TPSA) is 101 Å². The molecule has 1 heterocycles. The normalized spacial score (nSPS) is 10.5. The first kappa shape index (κ1) is 15.7. The molecule has 3 aromatic rings. The summed E-state index contributed by atoms with van der Waals surface area (Å²) in [7, 11) is 0. The van der Waals surface area contributed by atoms with Gasteiger partial charge in [-0.15, -0.1) is 11.3 Å². The van der Waals surface area contributed by atoms with Gasteiger partial charge in [0.1, 0.15) is 5.75 Å². The number of nitro benzene ring substituents is 1. The van der Waals surface area contributed by atoms with Crippen LogP contribution in [0.2, 0.25) is 0 Å². The largest absolute Gasteiger partial charge is 0.508 e. The van der Waals surface area contributed by atoms with Gasteiger partial charge in [-0.2, -0.15) is 0 Å². The second kappa shape index (κ2) is 6.13. The number of benzene rings is 2. The van der Waals surface area contributed by atoms with Crippen LogP contribution in [0.4, 0.5) is 5.69 Å². The lowest BCUT2D eigenvalue weighted by molar-refractivity contribution is -0.385. The second-order valence-electron chi connectivity index (χ2n) is 5.00. The third-order valence-corrected chi connectivity index (χ3v) is 4.53. The molecule has 6 nitrogen and oxygen atoms in total. The van der Waals surface area contributed by atoms with E-state index in [0.717, 1.165) is 22.6 Å². The Balaban J connectivity index is 1.91. The van der Waals surface area contributed by atoms with Gasteiger partial charge in [0.05, 0.1) is 9.80 Å². The highest BCUT2D eigenvalue weighted by atomic mass is 32.1. The summed E-state index contributed by atoms with van der Waals surface area (Å²) in [6, 6.07) is 13.6. The van der Waals surface area contributed by atoms with Crippen LogP contribution in [0.3, 0.4) is 0 Å². The fourth-order valence-electron chi connectivity index (χ4n) is 2.24. The molecule has 0 saturated carbocycles. The van der Waals surface area contributed by atoms with E-state index in [1.54, 1.807) is 30.3 Å². The van der Waals surface area contributed by atoms with Gasteiger partial charge in [0.25, 0.3) is 0 Å². The zero-order valence-corrected chi connectivity index (χ0v) is 13.0. The molecule has 0 aliphatic carbocycles. The van der Waals surface area contributed by atoms with Crippen molar-refractivity contribution in [2.24, 2.45) is 0 Å². The molecule has 0 aliphatic heterocycles. The lowest BCUT2D eigenvalue weighted by atomic mass is 10.1. The van der Waals surface area contributed by atoms with Gasteiger partial charge in [0.2, 0.25) is 5.78 Å². The number of carbonyl (C=O) groups is 1. The van der Waals surface area contributed by atoms with Crippen molar-refractivity contribution < 1.29 is 19.9 Å². The molecule has 0 fully saturated rings. The number of aromatic hydroxyl groups is 2. The fraction of sp³-hybridized carbons (Fsp3) is 0. The maximum Gasteiger partial charge on any atom is 0.310 e. The fourth-order valence-corrected chi connectivity index (χ4v) is 3.20. The molecular weight excluding hydrogens is 330 g/mol. The second-order valence-corrected chi connectivity index (χ2v) is 6.09. The number of nitro groups is 1. The van der Waals surface area contributed by atoms with Crippen molar-refractivity contribution in [2.75, 3.05) is 0 Å². The lowest BCUT2D eigenvalue weighted by Gasteiger charge is -2.01.